The van der Waals surface area contributed by atoms with Crippen molar-refractivity contribution in [1.29, 1.82) is 0 Å². The third-order valence-corrected chi connectivity index (χ3v) is 4.09. The lowest BCUT2D eigenvalue weighted by atomic mass is 10.1. The molecule has 2 rings (SSSR count). The summed E-state index contributed by atoms with van der Waals surface area (Å²) in [6.45, 7) is 6.00. The van der Waals surface area contributed by atoms with Crippen LogP contribution < -0.4 is 5.32 Å². The number of nitrogens with one attached hydrogen (secondary N) is 1. The molecule has 2 aromatic rings. The topological polar surface area (TPSA) is 51.2 Å². The van der Waals surface area contributed by atoms with Crippen molar-refractivity contribution in [2.75, 3.05) is 11.9 Å². The SMILES string of the molecule is CCOC(=O)c1nc(NC(C)c2cccc(Cl)c2)sc1C. The highest BCUT2D eigenvalue weighted by molar-refractivity contribution is 7.15. The summed E-state index contributed by atoms with van der Waals surface area (Å²) in [5.74, 6) is -0.380. The Morgan fingerprint density at radius 3 is 2.95 bits per heavy atom. The Balaban J connectivity index is 2.13. The molecule has 4 nitrogen and oxygen atoms in total. The number of hydrogen-bond donors (Lipinski definition) is 1. The molecule has 1 N–H and O–H groups in total. The maximum atomic E-state index is 11.8. The maximum absolute atomic E-state index is 11.8. The number of carbonyl (C=O) groups is 1. The second-order valence-electron chi connectivity index (χ2n) is 4.57. The third kappa shape index (κ3) is 3.95. The van der Waals surface area contributed by atoms with E-state index in [0.717, 1.165) is 10.4 Å². The van der Waals surface area contributed by atoms with E-state index in [-0.39, 0.29) is 12.0 Å². The number of aromatic nitrogens is 1. The Labute approximate surface area is 133 Å². The molecule has 0 saturated carbocycles. The molecule has 1 unspecified atom stereocenters. The van der Waals surface area contributed by atoms with Gasteiger partial charge in [0.15, 0.2) is 10.8 Å². The summed E-state index contributed by atoms with van der Waals surface area (Å²) >= 11 is 7.44. The summed E-state index contributed by atoms with van der Waals surface area (Å²) in [6.07, 6.45) is 0. The van der Waals surface area contributed by atoms with Gasteiger partial charge in [-0.15, -0.1) is 11.3 Å². The molecule has 0 radical (unpaired) electrons. The molecule has 1 heterocycles. The van der Waals surface area contributed by atoms with Gasteiger partial charge in [-0.05, 0) is 38.5 Å². The molecule has 6 heteroatoms. The van der Waals surface area contributed by atoms with Gasteiger partial charge in [0, 0.05) is 9.90 Å². The van der Waals surface area contributed by atoms with E-state index in [1.165, 1.54) is 11.3 Å². The highest BCUT2D eigenvalue weighted by atomic mass is 35.5. The molecule has 0 saturated heterocycles. The standard InChI is InChI=1S/C15H17ClN2O2S/c1-4-20-14(19)13-10(3)21-15(18-13)17-9(2)11-6-5-7-12(16)8-11/h5-9H,4H2,1-3H3,(H,17,18). The fraction of sp³-hybridized carbons (Fsp3) is 0.333. The van der Waals surface area contributed by atoms with Crippen LogP contribution in [0.5, 0.6) is 0 Å². The van der Waals surface area contributed by atoms with Crippen LogP contribution in [0.15, 0.2) is 24.3 Å². The Morgan fingerprint density at radius 1 is 1.52 bits per heavy atom. The monoisotopic (exact) mass is 324 g/mol. The van der Waals surface area contributed by atoms with Crippen molar-refractivity contribution >= 4 is 34.0 Å². The van der Waals surface area contributed by atoms with Crippen LogP contribution in [0.4, 0.5) is 5.13 Å². The zero-order valence-electron chi connectivity index (χ0n) is 12.1. The van der Waals surface area contributed by atoms with E-state index in [4.69, 9.17) is 16.3 Å². The minimum absolute atomic E-state index is 0.0456. The summed E-state index contributed by atoms with van der Waals surface area (Å²) in [7, 11) is 0. The van der Waals surface area contributed by atoms with Crippen molar-refractivity contribution in [3.05, 3.63) is 45.4 Å². The molecule has 21 heavy (non-hydrogen) atoms. The minimum Gasteiger partial charge on any atom is -0.461 e. The van der Waals surface area contributed by atoms with Crippen molar-refractivity contribution < 1.29 is 9.53 Å². The zero-order valence-corrected chi connectivity index (χ0v) is 13.7. The van der Waals surface area contributed by atoms with Crippen molar-refractivity contribution in [3.63, 3.8) is 0 Å². The highest BCUT2D eigenvalue weighted by Gasteiger charge is 2.17. The fourth-order valence-corrected chi connectivity index (χ4v) is 2.98. The molecule has 0 aliphatic heterocycles. The van der Waals surface area contributed by atoms with Gasteiger partial charge in [-0.1, -0.05) is 23.7 Å². The number of hydrogen-bond acceptors (Lipinski definition) is 5. The maximum Gasteiger partial charge on any atom is 0.358 e. The van der Waals surface area contributed by atoms with Gasteiger partial charge in [-0.2, -0.15) is 0 Å². The van der Waals surface area contributed by atoms with Gasteiger partial charge in [-0.25, -0.2) is 9.78 Å². The van der Waals surface area contributed by atoms with Crippen molar-refractivity contribution in [2.45, 2.75) is 26.8 Å². The van der Waals surface area contributed by atoms with Crippen LogP contribution in [0.1, 0.15) is 40.8 Å². The Kier molecular flexibility index (Phi) is 5.20. The van der Waals surface area contributed by atoms with Crippen LogP contribution in [0.3, 0.4) is 0 Å². The Bertz CT molecular complexity index is 642. The second-order valence-corrected chi connectivity index (χ2v) is 6.20. The van der Waals surface area contributed by atoms with E-state index in [2.05, 4.69) is 10.3 Å². The van der Waals surface area contributed by atoms with E-state index >= 15 is 0 Å². The van der Waals surface area contributed by atoms with Crippen molar-refractivity contribution in [2.24, 2.45) is 0 Å². The van der Waals surface area contributed by atoms with E-state index in [1.807, 2.05) is 38.1 Å². The summed E-state index contributed by atoms with van der Waals surface area (Å²) in [4.78, 5) is 16.9. The number of anilines is 1. The second kappa shape index (κ2) is 6.91. The van der Waals surface area contributed by atoms with Gasteiger partial charge in [0.05, 0.1) is 12.6 Å². The fourth-order valence-electron chi connectivity index (χ4n) is 1.89. The Hall–Kier alpha value is -1.59. The molecule has 0 aliphatic rings. The minimum atomic E-state index is -0.380. The van der Waals surface area contributed by atoms with Gasteiger partial charge < -0.3 is 10.1 Å². The first kappa shape index (κ1) is 15.8. The number of carbonyl (C=O) groups excluding carboxylic acids is 1. The molecule has 0 amide bonds. The zero-order chi connectivity index (χ0) is 15.4. The van der Waals surface area contributed by atoms with E-state index in [1.54, 1.807) is 6.92 Å². The average Bonchev–Trinajstić information content (AvgIpc) is 2.80. The average molecular weight is 325 g/mol. The molecule has 112 valence electrons. The number of nitrogens with zero attached hydrogens (tertiary/aromatic N) is 1. The van der Waals surface area contributed by atoms with Crippen molar-refractivity contribution in [1.82, 2.24) is 4.98 Å². The van der Waals surface area contributed by atoms with Gasteiger partial charge in [0.1, 0.15) is 0 Å². The van der Waals surface area contributed by atoms with Crippen LogP contribution in [0.25, 0.3) is 0 Å². The highest BCUT2D eigenvalue weighted by Crippen LogP contribution is 2.27. The van der Waals surface area contributed by atoms with E-state index in [0.29, 0.717) is 22.5 Å². The van der Waals surface area contributed by atoms with Crippen LogP contribution in [0, 0.1) is 6.92 Å². The molecule has 1 aromatic carbocycles. The number of benzene rings is 1. The van der Waals surface area contributed by atoms with E-state index < -0.39 is 0 Å². The Morgan fingerprint density at radius 2 is 2.29 bits per heavy atom. The summed E-state index contributed by atoms with van der Waals surface area (Å²) < 4.78 is 4.99. The lowest BCUT2D eigenvalue weighted by molar-refractivity contribution is 0.0519. The quantitative estimate of drug-likeness (QED) is 0.825. The van der Waals surface area contributed by atoms with Gasteiger partial charge in [0.25, 0.3) is 0 Å². The molecule has 1 atom stereocenters. The van der Waals surface area contributed by atoms with Crippen LogP contribution in [0.2, 0.25) is 5.02 Å². The number of halogens is 1. The summed E-state index contributed by atoms with van der Waals surface area (Å²) in [5, 5.41) is 4.68. The molecular weight excluding hydrogens is 308 g/mol. The van der Waals surface area contributed by atoms with Crippen LogP contribution in [-0.4, -0.2) is 17.6 Å². The molecule has 1 aromatic heterocycles. The molecule has 0 fully saturated rings. The molecule has 0 aliphatic carbocycles. The first-order valence-corrected chi connectivity index (χ1v) is 7.87. The first-order chi connectivity index (χ1) is 10.0. The molecular formula is C15H17ClN2O2S. The predicted molar refractivity (Wildman–Crippen MR) is 86.3 cm³/mol. The number of aryl methyl sites for hydroxylation is 1. The van der Waals surface area contributed by atoms with E-state index in [9.17, 15) is 4.79 Å². The third-order valence-electron chi connectivity index (χ3n) is 2.95. The lowest BCUT2D eigenvalue weighted by Gasteiger charge is -2.13. The van der Waals surface area contributed by atoms with Crippen molar-refractivity contribution in [3.8, 4) is 0 Å². The van der Waals surface area contributed by atoms with Crippen LogP contribution in [-0.2, 0) is 4.74 Å². The number of esters is 1. The normalized spacial score (nSPS) is 12.0. The number of rotatable bonds is 5. The summed E-state index contributed by atoms with van der Waals surface area (Å²) in [6, 6.07) is 7.70. The number of ether oxygens (including phenoxy) is 1. The largest absolute Gasteiger partial charge is 0.461 e. The molecule has 0 spiro atoms. The predicted octanol–water partition coefficient (Wildman–Crippen LogP) is 4.45. The smallest absolute Gasteiger partial charge is 0.358 e. The van der Waals surface area contributed by atoms with Gasteiger partial charge >= 0.3 is 5.97 Å². The van der Waals surface area contributed by atoms with Gasteiger partial charge in [-0.3, -0.25) is 0 Å². The number of thiazole rings is 1. The first-order valence-electron chi connectivity index (χ1n) is 6.67. The molecule has 0 bridgehead atoms. The van der Waals surface area contributed by atoms with Crippen LogP contribution >= 0.6 is 22.9 Å². The van der Waals surface area contributed by atoms with Gasteiger partial charge in [0.2, 0.25) is 0 Å². The lowest BCUT2D eigenvalue weighted by Crippen LogP contribution is -2.08. The summed E-state index contributed by atoms with van der Waals surface area (Å²) in [5.41, 5.74) is 1.44.